The van der Waals surface area contributed by atoms with Crippen molar-refractivity contribution in [3.05, 3.63) is 76.4 Å². The highest BCUT2D eigenvalue weighted by Gasteiger charge is 2.24. The van der Waals surface area contributed by atoms with Gasteiger partial charge < -0.3 is 14.6 Å². The van der Waals surface area contributed by atoms with Crippen molar-refractivity contribution in [2.24, 2.45) is 5.92 Å². The summed E-state index contributed by atoms with van der Waals surface area (Å²) in [6.07, 6.45) is 7.10. The van der Waals surface area contributed by atoms with Gasteiger partial charge in [0, 0.05) is 18.0 Å². The number of carbonyl (C=O) groups is 3. The number of nitrogens with zero attached hydrogens (tertiary/aromatic N) is 2. The molecule has 3 rings (SSSR count). The van der Waals surface area contributed by atoms with Crippen molar-refractivity contribution in [1.82, 2.24) is 9.13 Å². The second-order valence-corrected chi connectivity index (χ2v) is 10.8. The fraction of sp³-hybridized carbons (Fsp3) is 0.400. The van der Waals surface area contributed by atoms with Gasteiger partial charge in [-0.3, -0.25) is 14.4 Å². The van der Waals surface area contributed by atoms with Crippen LogP contribution in [-0.4, -0.2) is 33.0 Å². The number of amides is 1. The molecule has 2 heterocycles. The number of rotatable bonds is 10. The van der Waals surface area contributed by atoms with E-state index in [4.69, 9.17) is 4.74 Å². The number of unbranched alkanes of at least 4 members (excludes halogenated alkanes) is 1. The predicted molar refractivity (Wildman–Crippen MR) is 150 cm³/mol. The van der Waals surface area contributed by atoms with Crippen LogP contribution < -0.4 is 10.9 Å². The van der Waals surface area contributed by atoms with Crippen molar-refractivity contribution in [3.8, 4) is 0 Å². The Labute approximate surface area is 223 Å². The summed E-state index contributed by atoms with van der Waals surface area (Å²) in [4.78, 5) is 49.4. The Morgan fingerprint density at radius 2 is 1.89 bits per heavy atom. The van der Waals surface area contributed by atoms with E-state index in [2.05, 4.69) is 19.2 Å². The summed E-state index contributed by atoms with van der Waals surface area (Å²) >= 11 is 0. The number of fused-ring (bicyclic) bond motifs is 1. The molecular formula is C30H37N3O5. The molecule has 2 aromatic heterocycles. The normalized spacial score (nSPS) is 11.8. The van der Waals surface area contributed by atoms with Crippen molar-refractivity contribution in [1.29, 1.82) is 0 Å². The minimum atomic E-state index is -0.692. The standard InChI is InChI=1S/C30H37N3O5/c1-21(2)18-22-12-10-13-23-19-24(33(27(22)23)29(37)38-30(3,4)5)20-32-16-11-14-25(28(32)36)31-26(35)15-8-6-7-9-17-34/h7,9-14,16-17,19,21H,6,8,15,18,20H2,1-5H3,(H,31,35)/b9-7+. The van der Waals surface area contributed by atoms with Crippen LogP contribution in [0.25, 0.3) is 10.9 Å². The van der Waals surface area contributed by atoms with Crippen LogP contribution in [0.1, 0.15) is 65.1 Å². The number of pyridine rings is 1. The molecule has 0 aliphatic rings. The van der Waals surface area contributed by atoms with Gasteiger partial charge in [-0.15, -0.1) is 0 Å². The first-order valence-electron chi connectivity index (χ1n) is 13.0. The van der Waals surface area contributed by atoms with Gasteiger partial charge in [0.2, 0.25) is 5.91 Å². The lowest BCUT2D eigenvalue weighted by Crippen LogP contribution is -2.30. The number of hydrogen-bond donors (Lipinski definition) is 1. The molecule has 0 atom stereocenters. The Balaban J connectivity index is 1.95. The van der Waals surface area contributed by atoms with Crippen LogP contribution in [-0.2, 0) is 27.3 Å². The first-order chi connectivity index (χ1) is 18.0. The zero-order chi connectivity index (χ0) is 27.9. The molecule has 0 saturated heterocycles. The molecule has 0 fully saturated rings. The third-order valence-corrected chi connectivity index (χ3v) is 5.80. The highest BCUT2D eigenvalue weighted by atomic mass is 16.6. The molecule has 0 saturated carbocycles. The van der Waals surface area contributed by atoms with Gasteiger partial charge in [-0.25, -0.2) is 9.36 Å². The molecule has 3 aromatic rings. The molecule has 1 amide bonds. The highest BCUT2D eigenvalue weighted by molar-refractivity contribution is 5.93. The summed E-state index contributed by atoms with van der Waals surface area (Å²) in [5.41, 5.74) is 1.53. The molecule has 0 aliphatic heterocycles. The lowest BCUT2D eigenvalue weighted by atomic mass is 10.0. The Hall–Kier alpha value is -3.94. The number of nitrogens with one attached hydrogen (secondary N) is 1. The van der Waals surface area contributed by atoms with Gasteiger partial charge in [0.15, 0.2) is 0 Å². The molecule has 8 nitrogen and oxygen atoms in total. The molecule has 38 heavy (non-hydrogen) atoms. The molecule has 0 unspecified atom stereocenters. The third kappa shape index (κ3) is 7.54. The van der Waals surface area contributed by atoms with E-state index in [-0.39, 0.29) is 30.1 Å². The quantitative estimate of drug-likeness (QED) is 0.211. The molecule has 0 radical (unpaired) electrons. The van der Waals surface area contributed by atoms with Gasteiger partial charge in [0.05, 0.1) is 17.8 Å². The maximum absolute atomic E-state index is 13.4. The average Bonchev–Trinajstić information content (AvgIpc) is 3.19. The van der Waals surface area contributed by atoms with E-state index in [1.165, 1.54) is 10.6 Å². The first kappa shape index (κ1) is 28.6. The van der Waals surface area contributed by atoms with Crippen molar-refractivity contribution < 1.29 is 19.1 Å². The van der Waals surface area contributed by atoms with E-state index in [0.29, 0.717) is 30.7 Å². The van der Waals surface area contributed by atoms with Crippen LogP contribution in [0.15, 0.2) is 59.5 Å². The Morgan fingerprint density at radius 1 is 1.13 bits per heavy atom. The van der Waals surface area contributed by atoms with E-state index in [9.17, 15) is 19.2 Å². The van der Waals surface area contributed by atoms with E-state index in [1.807, 2.05) is 45.0 Å². The predicted octanol–water partition coefficient (Wildman–Crippen LogP) is 5.70. The number of allylic oxidation sites excluding steroid dienone is 2. The summed E-state index contributed by atoms with van der Waals surface area (Å²) in [6, 6.07) is 11.1. The van der Waals surface area contributed by atoms with Crippen LogP contribution in [0.4, 0.5) is 10.5 Å². The van der Waals surface area contributed by atoms with Crippen LogP contribution >= 0.6 is 0 Å². The lowest BCUT2D eigenvalue weighted by Gasteiger charge is -2.22. The molecule has 202 valence electrons. The number of carbonyl (C=O) groups excluding carboxylic acids is 3. The van der Waals surface area contributed by atoms with Crippen LogP contribution in [0.2, 0.25) is 0 Å². The fourth-order valence-electron chi connectivity index (χ4n) is 4.30. The first-order valence-corrected chi connectivity index (χ1v) is 13.0. The summed E-state index contributed by atoms with van der Waals surface area (Å²) in [5.74, 6) is 0.107. The molecule has 0 bridgehead atoms. The maximum atomic E-state index is 13.4. The molecular weight excluding hydrogens is 482 g/mol. The van der Waals surface area contributed by atoms with Crippen molar-refractivity contribution in [3.63, 3.8) is 0 Å². The number of anilines is 1. The van der Waals surface area contributed by atoms with Gasteiger partial charge in [-0.2, -0.15) is 0 Å². The number of hydrogen-bond acceptors (Lipinski definition) is 5. The van der Waals surface area contributed by atoms with Crippen molar-refractivity contribution >= 4 is 34.9 Å². The van der Waals surface area contributed by atoms with E-state index >= 15 is 0 Å². The Kier molecular flexibility index (Phi) is 9.45. The second-order valence-electron chi connectivity index (χ2n) is 10.8. The minimum Gasteiger partial charge on any atom is -0.443 e. The number of aldehydes is 1. The molecule has 1 N–H and O–H groups in total. The number of para-hydroxylation sites is 1. The monoisotopic (exact) mass is 519 g/mol. The lowest BCUT2D eigenvalue weighted by molar-refractivity contribution is -0.116. The van der Waals surface area contributed by atoms with Crippen LogP contribution in [0.5, 0.6) is 0 Å². The second kappa shape index (κ2) is 12.5. The van der Waals surface area contributed by atoms with E-state index in [0.717, 1.165) is 22.9 Å². The Bertz CT molecular complexity index is 1390. The van der Waals surface area contributed by atoms with Gasteiger partial charge in [0.1, 0.15) is 17.6 Å². The third-order valence-electron chi connectivity index (χ3n) is 5.80. The fourth-order valence-corrected chi connectivity index (χ4v) is 4.30. The smallest absolute Gasteiger partial charge is 0.419 e. The zero-order valence-corrected chi connectivity index (χ0v) is 22.8. The van der Waals surface area contributed by atoms with Gasteiger partial charge in [-0.1, -0.05) is 38.1 Å². The minimum absolute atomic E-state index is 0.119. The number of benzene rings is 1. The van der Waals surface area contributed by atoms with Crippen LogP contribution in [0, 0.1) is 5.92 Å². The van der Waals surface area contributed by atoms with Crippen molar-refractivity contribution in [2.45, 2.75) is 72.4 Å². The topological polar surface area (TPSA) is 99.4 Å². The highest BCUT2D eigenvalue weighted by Crippen LogP contribution is 2.27. The largest absolute Gasteiger partial charge is 0.443 e. The zero-order valence-electron chi connectivity index (χ0n) is 22.8. The molecule has 1 aromatic carbocycles. The molecule has 0 aliphatic carbocycles. The summed E-state index contributed by atoms with van der Waals surface area (Å²) in [5, 5.41) is 3.58. The van der Waals surface area contributed by atoms with E-state index in [1.54, 1.807) is 29.0 Å². The SMILES string of the molecule is CC(C)Cc1cccc2cc(Cn3cccc(NC(=O)CCC/C=C/C=O)c3=O)n(C(=O)OC(C)(C)C)c12. The van der Waals surface area contributed by atoms with E-state index < -0.39 is 11.7 Å². The summed E-state index contributed by atoms with van der Waals surface area (Å²) in [6.45, 7) is 9.83. The Morgan fingerprint density at radius 3 is 2.58 bits per heavy atom. The van der Waals surface area contributed by atoms with Gasteiger partial charge in [0.25, 0.3) is 5.56 Å². The summed E-state index contributed by atoms with van der Waals surface area (Å²) in [7, 11) is 0. The maximum Gasteiger partial charge on any atom is 0.419 e. The molecule has 0 spiro atoms. The average molecular weight is 520 g/mol. The number of aromatic nitrogens is 2. The number of ether oxygens (including phenoxy) is 1. The molecule has 8 heteroatoms. The van der Waals surface area contributed by atoms with Crippen LogP contribution in [0.3, 0.4) is 0 Å². The van der Waals surface area contributed by atoms with Gasteiger partial charge >= 0.3 is 6.09 Å². The summed E-state index contributed by atoms with van der Waals surface area (Å²) < 4.78 is 8.80. The van der Waals surface area contributed by atoms with Gasteiger partial charge in [-0.05, 0) is 75.8 Å². The van der Waals surface area contributed by atoms with Crippen molar-refractivity contribution in [2.75, 3.05) is 5.32 Å².